The van der Waals surface area contributed by atoms with E-state index in [9.17, 15) is 0 Å². The molecule has 0 saturated carbocycles. The van der Waals surface area contributed by atoms with Crippen molar-refractivity contribution in [2.75, 3.05) is 0 Å². The molecule has 1 aromatic carbocycles. The summed E-state index contributed by atoms with van der Waals surface area (Å²) in [5.41, 5.74) is 13.7. The summed E-state index contributed by atoms with van der Waals surface area (Å²) >= 11 is 0. The van der Waals surface area contributed by atoms with Crippen molar-refractivity contribution in [2.24, 2.45) is 11.5 Å². The SMILES string of the molecule is CC(N)CC(N)c1coc2ccccc12. The van der Waals surface area contributed by atoms with Gasteiger partial charge in [-0.3, -0.25) is 0 Å². The van der Waals surface area contributed by atoms with Crippen LogP contribution in [0.2, 0.25) is 0 Å². The molecule has 0 amide bonds. The van der Waals surface area contributed by atoms with Gasteiger partial charge in [0.25, 0.3) is 0 Å². The first-order chi connectivity index (χ1) is 7.18. The van der Waals surface area contributed by atoms with Gasteiger partial charge in [0.1, 0.15) is 5.58 Å². The minimum absolute atomic E-state index is 0.0475. The number of hydrogen-bond acceptors (Lipinski definition) is 3. The maximum absolute atomic E-state index is 6.07. The van der Waals surface area contributed by atoms with Crippen LogP contribution in [-0.4, -0.2) is 6.04 Å². The van der Waals surface area contributed by atoms with E-state index in [0.717, 1.165) is 23.0 Å². The van der Waals surface area contributed by atoms with Crippen LogP contribution in [0, 0.1) is 0 Å². The third-order valence-electron chi connectivity index (χ3n) is 2.54. The van der Waals surface area contributed by atoms with Crippen LogP contribution in [0.25, 0.3) is 11.0 Å². The standard InChI is InChI=1S/C12H16N2O/c1-8(13)6-11(14)10-7-15-12-5-3-2-4-9(10)12/h2-5,7-8,11H,6,13-14H2,1H3. The molecular weight excluding hydrogens is 188 g/mol. The molecule has 15 heavy (non-hydrogen) atoms. The smallest absolute Gasteiger partial charge is 0.134 e. The summed E-state index contributed by atoms with van der Waals surface area (Å²) in [4.78, 5) is 0. The predicted molar refractivity (Wildman–Crippen MR) is 61.4 cm³/mol. The second-order valence-electron chi connectivity index (χ2n) is 4.01. The first kappa shape index (κ1) is 10.2. The van der Waals surface area contributed by atoms with Crippen molar-refractivity contribution in [3.63, 3.8) is 0 Å². The Morgan fingerprint density at radius 2 is 2.00 bits per heavy atom. The average molecular weight is 204 g/mol. The maximum atomic E-state index is 6.07. The fraction of sp³-hybridized carbons (Fsp3) is 0.333. The summed E-state index contributed by atoms with van der Waals surface area (Å²) in [6, 6.07) is 7.96. The molecule has 3 nitrogen and oxygen atoms in total. The van der Waals surface area contributed by atoms with Crippen LogP contribution in [0.3, 0.4) is 0 Å². The van der Waals surface area contributed by atoms with E-state index >= 15 is 0 Å². The summed E-state index contributed by atoms with van der Waals surface area (Å²) < 4.78 is 5.43. The van der Waals surface area contributed by atoms with Crippen LogP contribution in [-0.2, 0) is 0 Å². The second kappa shape index (κ2) is 4.04. The molecular formula is C12H16N2O. The zero-order valence-corrected chi connectivity index (χ0v) is 8.81. The lowest BCUT2D eigenvalue weighted by Gasteiger charge is -2.12. The highest BCUT2D eigenvalue weighted by atomic mass is 16.3. The van der Waals surface area contributed by atoms with Gasteiger partial charge in [-0.05, 0) is 19.4 Å². The lowest BCUT2D eigenvalue weighted by atomic mass is 10.0. The molecule has 0 aliphatic heterocycles. The van der Waals surface area contributed by atoms with E-state index in [-0.39, 0.29) is 12.1 Å². The molecule has 0 fully saturated rings. The number of rotatable bonds is 3. The first-order valence-electron chi connectivity index (χ1n) is 5.16. The Morgan fingerprint density at radius 3 is 2.73 bits per heavy atom. The predicted octanol–water partition coefficient (Wildman–Crippen LogP) is 2.17. The summed E-state index contributed by atoms with van der Waals surface area (Å²) in [6.07, 6.45) is 2.50. The number of benzene rings is 1. The number of para-hydroxylation sites is 1. The Bertz CT molecular complexity index is 448. The van der Waals surface area contributed by atoms with Gasteiger partial charge in [-0.1, -0.05) is 18.2 Å². The van der Waals surface area contributed by atoms with E-state index in [4.69, 9.17) is 15.9 Å². The van der Waals surface area contributed by atoms with Gasteiger partial charge in [0, 0.05) is 23.0 Å². The van der Waals surface area contributed by atoms with Gasteiger partial charge in [-0.15, -0.1) is 0 Å². The summed E-state index contributed by atoms with van der Waals surface area (Å²) in [7, 11) is 0. The van der Waals surface area contributed by atoms with Gasteiger partial charge in [0.15, 0.2) is 0 Å². The van der Waals surface area contributed by atoms with Crippen molar-refractivity contribution in [3.05, 3.63) is 36.1 Å². The minimum Gasteiger partial charge on any atom is -0.464 e. The van der Waals surface area contributed by atoms with Crippen LogP contribution in [0.4, 0.5) is 0 Å². The molecule has 80 valence electrons. The molecule has 0 radical (unpaired) electrons. The van der Waals surface area contributed by atoms with Gasteiger partial charge in [-0.2, -0.15) is 0 Å². The fourth-order valence-corrected chi connectivity index (χ4v) is 1.81. The van der Waals surface area contributed by atoms with E-state index in [0.29, 0.717) is 0 Å². The van der Waals surface area contributed by atoms with E-state index in [2.05, 4.69) is 0 Å². The quantitative estimate of drug-likeness (QED) is 0.805. The third kappa shape index (κ3) is 2.03. The molecule has 0 aliphatic rings. The van der Waals surface area contributed by atoms with Gasteiger partial charge in [0.2, 0.25) is 0 Å². The first-order valence-corrected chi connectivity index (χ1v) is 5.16. The third-order valence-corrected chi connectivity index (χ3v) is 2.54. The molecule has 0 spiro atoms. The van der Waals surface area contributed by atoms with Crippen molar-refractivity contribution in [1.29, 1.82) is 0 Å². The van der Waals surface area contributed by atoms with Crippen LogP contribution in [0.15, 0.2) is 34.9 Å². The highest BCUT2D eigenvalue weighted by Gasteiger charge is 2.14. The zero-order chi connectivity index (χ0) is 10.8. The molecule has 2 rings (SSSR count). The van der Waals surface area contributed by atoms with Crippen LogP contribution in [0.5, 0.6) is 0 Å². The molecule has 2 aromatic rings. The van der Waals surface area contributed by atoms with Gasteiger partial charge in [-0.25, -0.2) is 0 Å². The molecule has 0 bridgehead atoms. The van der Waals surface area contributed by atoms with Crippen molar-refractivity contribution in [3.8, 4) is 0 Å². The second-order valence-corrected chi connectivity index (χ2v) is 4.01. The largest absolute Gasteiger partial charge is 0.464 e. The molecule has 2 atom stereocenters. The monoisotopic (exact) mass is 204 g/mol. The zero-order valence-electron chi connectivity index (χ0n) is 8.81. The molecule has 1 aromatic heterocycles. The van der Waals surface area contributed by atoms with Gasteiger partial charge < -0.3 is 15.9 Å². The Morgan fingerprint density at radius 1 is 1.27 bits per heavy atom. The molecule has 0 saturated heterocycles. The van der Waals surface area contributed by atoms with E-state index < -0.39 is 0 Å². The van der Waals surface area contributed by atoms with Crippen LogP contribution < -0.4 is 11.5 Å². The van der Waals surface area contributed by atoms with Crippen LogP contribution >= 0.6 is 0 Å². The molecule has 1 heterocycles. The highest BCUT2D eigenvalue weighted by Crippen LogP contribution is 2.26. The van der Waals surface area contributed by atoms with E-state index in [1.165, 1.54) is 0 Å². The minimum atomic E-state index is -0.0475. The molecule has 4 N–H and O–H groups in total. The number of hydrogen-bond donors (Lipinski definition) is 2. The van der Waals surface area contributed by atoms with Crippen molar-refractivity contribution in [1.82, 2.24) is 0 Å². The number of nitrogens with two attached hydrogens (primary N) is 2. The molecule has 2 unspecified atom stereocenters. The summed E-state index contributed by atoms with van der Waals surface area (Å²) in [5, 5.41) is 1.09. The summed E-state index contributed by atoms with van der Waals surface area (Å²) in [5.74, 6) is 0. The normalized spacial score (nSPS) is 15.4. The highest BCUT2D eigenvalue weighted by molar-refractivity contribution is 5.81. The van der Waals surface area contributed by atoms with Crippen molar-refractivity contribution in [2.45, 2.75) is 25.4 Å². The lowest BCUT2D eigenvalue weighted by molar-refractivity contribution is 0.553. The maximum Gasteiger partial charge on any atom is 0.134 e. The van der Waals surface area contributed by atoms with Crippen molar-refractivity contribution < 1.29 is 4.42 Å². The van der Waals surface area contributed by atoms with Crippen LogP contribution in [0.1, 0.15) is 24.9 Å². The summed E-state index contributed by atoms with van der Waals surface area (Å²) in [6.45, 7) is 1.96. The Kier molecular flexibility index (Phi) is 2.75. The number of furan rings is 1. The Hall–Kier alpha value is -1.32. The lowest BCUT2D eigenvalue weighted by Crippen LogP contribution is -2.22. The molecule has 0 aliphatic carbocycles. The van der Waals surface area contributed by atoms with Gasteiger partial charge in [0.05, 0.1) is 6.26 Å². The fourth-order valence-electron chi connectivity index (χ4n) is 1.81. The Labute approximate surface area is 89.0 Å². The molecule has 3 heteroatoms. The topological polar surface area (TPSA) is 65.2 Å². The number of fused-ring (bicyclic) bond motifs is 1. The van der Waals surface area contributed by atoms with Crippen molar-refractivity contribution >= 4 is 11.0 Å². The van der Waals surface area contributed by atoms with E-state index in [1.807, 2.05) is 31.2 Å². The van der Waals surface area contributed by atoms with Gasteiger partial charge >= 0.3 is 0 Å². The Balaban J connectivity index is 2.35. The average Bonchev–Trinajstić information content (AvgIpc) is 2.59. The van der Waals surface area contributed by atoms with E-state index in [1.54, 1.807) is 6.26 Å².